The highest BCUT2D eigenvalue weighted by molar-refractivity contribution is 8.15. The molecule has 0 bridgehead atoms. The number of hydrogen-bond donors (Lipinski definition) is 0. The average Bonchev–Trinajstić information content (AvgIpc) is 3.75. The molecule has 4 aromatic carbocycles. The van der Waals surface area contributed by atoms with Crippen molar-refractivity contribution in [1.82, 2.24) is 10.1 Å². The third-order valence-corrected chi connectivity index (χ3v) is 21.0. The van der Waals surface area contributed by atoms with Crippen molar-refractivity contribution in [2.75, 3.05) is 7.11 Å². The van der Waals surface area contributed by atoms with Gasteiger partial charge in [0.05, 0.1) is 24.7 Å². The third-order valence-electron chi connectivity index (χ3n) is 11.0. The minimum atomic E-state index is -3.27. The molecule has 9 nitrogen and oxygen atoms in total. The molecule has 58 heavy (non-hydrogen) atoms. The predicted molar refractivity (Wildman–Crippen MR) is 238 cm³/mol. The van der Waals surface area contributed by atoms with Crippen LogP contribution in [0.15, 0.2) is 138 Å². The minimum absolute atomic E-state index is 0.0628. The molecular formula is C46H51N2O7PSSi. The fourth-order valence-corrected chi connectivity index (χ4v) is 14.2. The highest BCUT2D eigenvalue weighted by Crippen LogP contribution is 2.52. The van der Waals surface area contributed by atoms with Crippen molar-refractivity contribution in [3.63, 3.8) is 0 Å². The summed E-state index contributed by atoms with van der Waals surface area (Å²) in [5, 5.41) is 5.27. The van der Waals surface area contributed by atoms with Crippen LogP contribution < -0.4 is 20.7 Å². The lowest BCUT2D eigenvalue weighted by Crippen LogP contribution is -2.68. The highest BCUT2D eigenvalue weighted by atomic mass is 32.2. The van der Waals surface area contributed by atoms with E-state index in [1.807, 2.05) is 122 Å². The van der Waals surface area contributed by atoms with E-state index in [4.69, 9.17) is 18.4 Å². The van der Waals surface area contributed by atoms with Crippen LogP contribution in [-0.2, 0) is 30.2 Å². The number of benzene rings is 4. The van der Waals surface area contributed by atoms with Crippen LogP contribution in [-0.4, -0.2) is 59.4 Å². The van der Waals surface area contributed by atoms with Crippen LogP contribution in [0.2, 0.25) is 18.1 Å². The Morgan fingerprint density at radius 3 is 1.86 bits per heavy atom. The summed E-state index contributed by atoms with van der Waals surface area (Å²) in [6.45, 7) is 11.1. The molecule has 2 heterocycles. The molecular weight excluding hydrogens is 784 g/mol. The molecule has 0 N–H and O–H groups in total. The lowest BCUT2D eigenvalue weighted by molar-refractivity contribution is -0.151. The maximum atomic E-state index is 15.4. The van der Waals surface area contributed by atoms with Crippen molar-refractivity contribution < 1.29 is 32.8 Å². The Kier molecular flexibility index (Phi) is 13.2. The first-order chi connectivity index (χ1) is 27.7. The molecule has 1 aliphatic heterocycles. The smallest absolute Gasteiger partial charge is 0.356 e. The van der Waals surface area contributed by atoms with Crippen LogP contribution in [0, 0.1) is 5.92 Å². The number of β-lactam (4-membered cyclic amide) rings is 1. The summed E-state index contributed by atoms with van der Waals surface area (Å²) in [6, 6.07) is 38.4. The molecule has 0 spiro atoms. The lowest BCUT2D eigenvalue weighted by Gasteiger charge is -2.52. The molecule has 1 aliphatic rings. The summed E-state index contributed by atoms with van der Waals surface area (Å²) in [4.78, 5) is 46.7. The first-order valence-electron chi connectivity index (χ1n) is 19.3. The van der Waals surface area contributed by atoms with Crippen molar-refractivity contribution in [1.29, 1.82) is 0 Å². The van der Waals surface area contributed by atoms with Crippen LogP contribution in [0.4, 0.5) is 0 Å². The van der Waals surface area contributed by atoms with E-state index in [-0.39, 0.29) is 28.1 Å². The number of aromatic nitrogens is 1. The largest absolute Gasteiger partial charge is 0.497 e. The molecule has 302 valence electrons. The van der Waals surface area contributed by atoms with Gasteiger partial charge in [0.1, 0.15) is 35.1 Å². The zero-order valence-corrected chi connectivity index (χ0v) is 37.0. The molecule has 1 aromatic heterocycles. The van der Waals surface area contributed by atoms with Crippen molar-refractivity contribution >= 4 is 70.9 Å². The molecule has 0 aliphatic carbocycles. The predicted octanol–water partition coefficient (Wildman–Crippen LogP) is 8.41. The van der Waals surface area contributed by atoms with Gasteiger partial charge in [-0.15, -0.1) is 0 Å². The van der Waals surface area contributed by atoms with Crippen LogP contribution in [0.3, 0.4) is 0 Å². The highest BCUT2D eigenvalue weighted by Gasteiger charge is 2.58. The summed E-state index contributed by atoms with van der Waals surface area (Å²) in [5.41, 5.74) is 1.63. The molecule has 5 aromatic rings. The minimum Gasteiger partial charge on any atom is -0.497 e. The zero-order valence-electron chi connectivity index (χ0n) is 34.2. The van der Waals surface area contributed by atoms with Crippen LogP contribution in [0.5, 0.6) is 5.75 Å². The van der Waals surface area contributed by atoms with Crippen molar-refractivity contribution in [3.8, 4) is 5.75 Å². The second-order valence-electron chi connectivity index (χ2n) is 15.6. The van der Waals surface area contributed by atoms with Gasteiger partial charge < -0.3 is 18.4 Å². The summed E-state index contributed by atoms with van der Waals surface area (Å²) >= 11 is 0.992. The number of rotatable bonds is 14. The van der Waals surface area contributed by atoms with E-state index in [1.165, 1.54) is 6.26 Å². The van der Waals surface area contributed by atoms with Gasteiger partial charge >= 0.3 is 5.97 Å². The van der Waals surface area contributed by atoms with E-state index >= 15 is 9.59 Å². The van der Waals surface area contributed by atoms with E-state index in [0.717, 1.165) is 33.2 Å². The lowest BCUT2D eigenvalue weighted by atomic mass is 9.93. The molecule has 0 radical (unpaired) electrons. The molecule has 1 saturated heterocycles. The molecule has 12 heteroatoms. The van der Waals surface area contributed by atoms with Gasteiger partial charge in [0.15, 0.2) is 8.32 Å². The van der Waals surface area contributed by atoms with Gasteiger partial charge in [-0.1, -0.05) is 147 Å². The molecule has 3 atom stereocenters. The van der Waals surface area contributed by atoms with E-state index in [0.29, 0.717) is 17.0 Å². The van der Waals surface area contributed by atoms with Crippen LogP contribution in [0.1, 0.15) is 45.9 Å². The number of esters is 1. The van der Waals surface area contributed by atoms with Gasteiger partial charge in [-0.25, -0.2) is 4.79 Å². The summed E-state index contributed by atoms with van der Waals surface area (Å²) < 4.78 is 23.7. The van der Waals surface area contributed by atoms with E-state index in [2.05, 4.69) is 39.0 Å². The molecule has 1 fully saturated rings. The number of carbonyl (C=O) groups is 3. The Hall–Kier alpha value is -4.93. The maximum absolute atomic E-state index is 15.4. The fourth-order valence-electron chi connectivity index (χ4n) is 6.98. The second-order valence-corrected chi connectivity index (χ2v) is 24.8. The van der Waals surface area contributed by atoms with Crippen LogP contribution in [0.25, 0.3) is 5.57 Å². The SMILES string of the molecule is CC=C(C(=O)S[C@@H]1[C@@H]([C@@H](C)O[Si](C)(C)C(C)(C)C)C(=O)N1C(C(=O)OCc1ccc(OC)cc1)=P(c1ccccc1)(c1ccccc1)c1ccccc1)c1ccon1. The number of methoxy groups -OCH3 is 1. The van der Waals surface area contributed by atoms with Gasteiger partial charge in [-0.2, -0.15) is 0 Å². The molecule has 0 unspecified atom stereocenters. The van der Waals surface area contributed by atoms with Gasteiger partial charge in [-0.3, -0.25) is 14.5 Å². The first kappa shape index (κ1) is 42.7. The maximum Gasteiger partial charge on any atom is 0.356 e. The topological polar surface area (TPSA) is 108 Å². The summed E-state index contributed by atoms with van der Waals surface area (Å²) in [5.74, 6) is -1.08. The molecule has 6 rings (SSSR count). The number of thioether (sulfide) groups is 1. The molecule has 0 saturated carbocycles. The monoisotopic (exact) mass is 834 g/mol. The van der Waals surface area contributed by atoms with Crippen molar-refractivity contribution in [2.24, 2.45) is 5.92 Å². The Balaban J connectivity index is 1.63. The number of allylic oxidation sites excluding steroid dienone is 1. The zero-order chi connectivity index (χ0) is 41.7. The standard InChI is InChI=1S/C46H51N2O7PSSi/c1-9-38(39-29-30-54-47-39)45(51)57-43-40(32(2)55-58(7,8)46(3,4)5)41(49)48(43)42(44(50)53-31-33-25-27-34(52-6)28-26-33)56(35-19-13-10-14-20-35,36-21-15-11-16-22-36)37-23-17-12-18-24-37/h9-30,32,40,43H,31H2,1-8H3/t32-,40+,43-/m1/s1. The fraction of sp³-hybridized carbons (Fsp3) is 0.283. The Morgan fingerprint density at radius 1 is 0.879 bits per heavy atom. The van der Waals surface area contributed by atoms with Crippen LogP contribution >= 0.6 is 18.6 Å². The van der Waals surface area contributed by atoms with Gasteiger partial charge in [0, 0.05) is 13.0 Å². The molecule has 1 amide bonds. The Bertz CT molecular complexity index is 2190. The van der Waals surface area contributed by atoms with E-state index in [1.54, 1.807) is 31.1 Å². The normalized spacial score (nSPS) is 16.7. The van der Waals surface area contributed by atoms with Crippen molar-refractivity contribution in [3.05, 3.63) is 145 Å². The number of likely N-dealkylation sites (tertiary alicyclic amines) is 1. The van der Waals surface area contributed by atoms with Gasteiger partial charge in [0.2, 0.25) is 11.0 Å². The third kappa shape index (κ3) is 8.45. The van der Waals surface area contributed by atoms with Crippen molar-refractivity contribution in [2.45, 2.75) is 70.8 Å². The summed E-state index contributed by atoms with van der Waals surface area (Å²) in [6.07, 6.45) is 2.52. The number of hydrogen-bond acceptors (Lipinski definition) is 9. The Labute approximate surface area is 346 Å². The number of amides is 1. The van der Waals surface area contributed by atoms with E-state index in [9.17, 15) is 4.79 Å². The Morgan fingerprint density at radius 2 is 1.41 bits per heavy atom. The average molecular weight is 835 g/mol. The van der Waals surface area contributed by atoms with Gasteiger partial charge in [0.25, 0.3) is 0 Å². The number of carbonyl (C=O) groups excluding carboxylic acids is 3. The number of nitrogens with zero attached hydrogens (tertiary/aromatic N) is 2. The van der Waals surface area contributed by atoms with Gasteiger partial charge in [-0.05, 0) is 65.6 Å². The first-order valence-corrected chi connectivity index (χ1v) is 24.8. The second kappa shape index (κ2) is 17.9. The number of ether oxygens (including phenoxy) is 2. The van der Waals surface area contributed by atoms with E-state index < -0.39 is 38.6 Å². The quantitative estimate of drug-likeness (QED) is 0.0359. The summed E-state index contributed by atoms with van der Waals surface area (Å²) in [7, 11) is -0.813.